The van der Waals surface area contributed by atoms with Crippen molar-refractivity contribution in [3.8, 4) is 6.01 Å². The van der Waals surface area contributed by atoms with Crippen molar-refractivity contribution in [2.75, 3.05) is 26.2 Å². The van der Waals surface area contributed by atoms with Crippen LogP contribution in [0.3, 0.4) is 0 Å². The first-order valence-electron chi connectivity index (χ1n) is 10.6. The Hall–Kier alpha value is -2.40. The molecule has 148 valence electrons. The maximum Gasteiger partial charge on any atom is 0.317 e. The number of H-pyrrole nitrogens is 1. The summed E-state index contributed by atoms with van der Waals surface area (Å²) in [4.78, 5) is 14.8. The second-order valence-corrected chi connectivity index (χ2v) is 7.73. The largest absolute Gasteiger partial charge is 0.463 e. The average molecular weight is 379 g/mol. The first-order chi connectivity index (χ1) is 13.8. The summed E-state index contributed by atoms with van der Waals surface area (Å²) in [5.41, 5.74) is 5.86. The summed E-state index contributed by atoms with van der Waals surface area (Å²) in [7, 11) is 0. The van der Waals surface area contributed by atoms with Gasteiger partial charge in [0.1, 0.15) is 0 Å². The molecule has 28 heavy (non-hydrogen) atoms. The van der Waals surface area contributed by atoms with E-state index in [0.29, 0.717) is 12.6 Å². The summed E-state index contributed by atoms with van der Waals surface area (Å²) < 4.78 is 5.69. The minimum atomic E-state index is 0.473. The topological polar surface area (TPSA) is 54.0 Å². The van der Waals surface area contributed by atoms with Crippen molar-refractivity contribution in [1.29, 1.82) is 0 Å². The van der Waals surface area contributed by atoms with E-state index in [2.05, 4.69) is 51.0 Å². The molecule has 5 nitrogen and oxygen atoms in total. The number of rotatable bonds is 9. The van der Waals surface area contributed by atoms with Crippen LogP contribution in [0.15, 0.2) is 36.7 Å². The van der Waals surface area contributed by atoms with E-state index in [1.807, 2.05) is 12.4 Å². The van der Waals surface area contributed by atoms with E-state index in [0.717, 1.165) is 36.7 Å². The van der Waals surface area contributed by atoms with Gasteiger partial charge in [0.15, 0.2) is 0 Å². The van der Waals surface area contributed by atoms with E-state index >= 15 is 0 Å². The Kier molecular flexibility index (Phi) is 6.22. The molecule has 0 saturated carbocycles. The lowest BCUT2D eigenvalue weighted by Crippen LogP contribution is -2.21. The van der Waals surface area contributed by atoms with Gasteiger partial charge in [0, 0.05) is 24.7 Å². The number of nitrogens with one attached hydrogen (secondary N) is 1. The first kappa shape index (κ1) is 18.9. The van der Waals surface area contributed by atoms with Crippen molar-refractivity contribution in [3.05, 3.63) is 53.3 Å². The van der Waals surface area contributed by atoms with Crippen LogP contribution >= 0.6 is 0 Å². The Balaban J connectivity index is 1.45. The second-order valence-electron chi connectivity index (χ2n) is 7.73. The van der Waals surface area contributed by atoms with Gasteiger partial charge in [-0.2, -0.15) is 4.98 Å². The fraction of sp³-hybridized carbons (Fsp3) is 0.478. The van der Waals surface area contributed by atoms with Gasteiger partial charge in [-0.1, -0.05) is 37.6 Å². The number of nitrogens with zero attached hydrogens (tertiary/aromatic N) is 3. The monoisotopic (exact) mass is 378 g/mol. The van der Waals surface area contributed by atoms with Crippen molar-refractivity contribution >= 4 is 11.0 Å². The lowest BCUT2D eigenvalue weighted by atomic mass is 10.0. The van der Waals surface area contributed by atoms with Gasteiger partial charge in [-0.05, 0) is 49.9 Å². The molecular weight excluding hydrogens is 348 g/mol. The van der Waals surface area contributed by atoms with E-state index in [1.165, 1.54) is 49.2 Å². The molecule has 1 aromatic carbocycles. The van der Waals surface area contributed by atoms with Crippen molar-refractivity contribution in [2.24, 2.45) is 0 Å². The zero-order chi connectivity index (χ0) is 19.2. The number of benzene rings is 1. The molecule has 0 amide bonds. The molecule has 5 heteroatoms. The molecule has 0 bridgehead atoms. The maximum atomic E-state index is 5.69. The zero-order valence-corrected chi connectivity index (χ0v) is 16.8. The zero-order valence-electron chi connectivity index (χ0n) is 16.8. The highest BCUT2D eigenvalue weighted by atomic mass is 16.5. The fourth-order valence-corrected chi connectivity index (χ4v) is 3.87. The lowest BCUT2D eigenvalue weighted by molar-refractivity contribution is 0.286. The van der Waals surface area contributed by atoms with E-state index in [4.69, 9.17) is 4.74 Å². The third kappa shape index (κ3) is 4.71. The molecule has 1 saturated heterocycles. The predicted octanol–water partition coefficient (Wildman–Crippen LogP) is 4.37. The Morgan fingerprint density at radius 2 is 2.04 bits per heavy atom. The summed E-state index contributed by atoms with van der Waals surface area (Å²) >= 11 is 0. The van der Waals surface area contributed by atoms with Crippen molar-refractivity contribution in [2.45, 2.75) is 45.4 Å². The van der Waals surface area contributed by atoms with Crippen LogP contribution in [0.2, 0.25) is 0 Å². The summed E-state index contributed by atoms with van der Waals surface area (Å²) in [6, 6.07) is 9.45. The van der Waals surface area contributed by atoms with Gasteiger partial charge < -0.3 is 14.6 Å². The van der Waals surface area contributed by atoms with Crippen LogP contribution in [0.1, 0.15) is 49.3 Å². The van der Waals surface area contributed by atoms with Crippen LogP contribution in [-0.2, 0) is 12.8 Å². The summed E-state index contributed by atoms with van der Waals surface area (Å²) in [5.74, 6) is 0. The number of aromatic nitrogens is 3. The average Bonchev–Trinajstić information content (AvgIpc) is 3.37. The molecule has 0 atom stereocenters. The second kappa shape index (κ2) is 9.20. The summed E-state index contributed by atoms with van der Waals surface area (Å²) in [6.07, 6.45) is 10.7. The normalized spacial score (nSPS) is 14.8. The van der Waals surface area contributed by atoms with Crippen LogP contribution in [0, 0.1) is 0 Å². The minimum Gasteiger partial charge on any atom is -0.463 e. The van der Waals surface area contributed by atoms with Gasteiger partial charge in [-0.3, -0.25) is 0 Å². The molecule has 1 fully saturated rings. The lowest BCUT2D eigenvalue weighted by Gasteiger charge is -2.14. The number of likely N-dealkylation sites (tertiary alicyclic amines) is 1. The highest BCUT2D eigenvalue weighted by Gasteiger charge is 2.12. The van der Waals surface area contributed by atoms with Crippen LogP contribution in [-0.4, -0.2) is 46.1 Å². The molecule has 1 aliphatic rings. The Morgan fingerprint density at radius 1 is 1.18 bits per heavy atom. The Labute approximate surface area is 167 Å². The number of aromatic amines is 1. The van der Waals surface area contributed by atoms with E-state index in [9.17, 15) is 0 Å². The predicted molar refractivity (Wildman–Crippen MR) is 113 cm³/mol. The van der Waals surface area contributed by atoms with E-state index in [1.54, 1.807) is 0 Å². The highest BCUT2D eigenvalue weighted by molar-refractivity contribution is 5.78. The number of hydrogen-bond acceptors (Lipinski definition) is 4. The summed E-state index contributed by atoms with van der Waals surface area (Å²) in [5, 5.41) is 0. The molecule has 3 aromatic rings. The van der Waals surface area contributed by atoms with Gasteiger partial charge in [0.05, 0.1) is 23.8 Å². The highest BCUT2D eigenvalue weighted by Crippen LogP contribution is 2.21. The molecular formula is C23H30N4O. The van der Waals surface area contributed by atoms with Gasteiger partial charge >= 0.3 is 6.01 Å². The summed E-state index contributed by atoms with van der Waals surface area (Å²) in [6.45, 7) is 6.51. The van der Waals surface area contributed by atoms with Crippen LogP contribution in [0.4, 0.5) is 0 Å². The van der Waals surface area contributed by atoms with Crippen LogP contribution in [0.25, 0.3) is 11.0 Å². The smallest absolute Gasteiger partial charge is 0.317 e. The standard InChI is InChI=1S/C23H30N4O/c1-2-3-13-28-23-25-17-21-22(26-23)20(16-24-21)15-19-8-6-7-18(14-19)9-12-27-10-4-5-11-27/h6-8,14,16-17,24H,2-5,9-13,15H2,1H3. The Bertz CT molecular complexity index is 899. The molecule has 0 unspecified atom stereocenters. The van der Waals surface area contributed by atoms with Crippen molar-refractivity contribution < 1.29 is 4.74 Å². The molecule has 4 rings (SSSR count). The van der Waals surface area contributed by atoms with Crippen LogP contribution < -0.4 is 4.74 Å². The molecule has 1 N–H and O–H groups in total. The molecule has 3 heterocycles. The van der Waals surface area contributed by atoms with Gasteiger partial charge in [0.25, 0.3) is 0 Å². The third-order valence-corrected chi connectivity index (χ3v) is 5.50. The number of unbranched alkanes of at least 4 members (excludes halogenated alkanes) is 1. The number of ether oxygens (including phenoxy) is 1. The quantitative estimate of drug-likeness (QED) is 0.562. The number of hydrogen-bond donors (Lipinski definition) is 1. The van der Waals surface area contributed by atoms with E-state index < -0.39 is 0 Å². The molecule has 0 radical (unpaired) electrons. The van der Waals surface area contributed by atoms with Crippen molar-refractivity contribution in [3.63, 3.8) is 0 Å². The van der Waals surface area contributed by atoms with E-state index in [-0.39, 0.29) is 0 Å². The van der Waals surface area contributed by atoms with Gasteiger partial charge in [0.2, 0.25) is 0 Å². The first-order valence-corrected chi connectivity index (χ1v) is 10.6. The van der Waals surface area contributed by atoms with Gasteiger partial charge in [-0.25, -0.2) is 4.98 Å². The third-order valence-electron chi connectivity index (χ3n) is 5.50. The van der Waals surface area contributed by atoms with Crippen molar-refractivity contribution in [1.82, 2.24) is 19.9 Å². The maximum absolute atomic E-state index is 5.69. The Morgan fingerprint density at radius 3 is 2.89 bits per heavy atom. The molecule has 0 spiro atoms. The number of fused-ring (bicyclic) bond motifs is 1. The van der Waals surface area contributed by atoms with Gasteiger partial charge in [-0.15, -0.1) is 0 Å². The minimum absolute atomic E-state index is 0.473. The molecule has 2 aromatic heterocycles. The fourth-order valence-electron chi connectivity index (χ4n) is 3.87. The SMILES string of the molecule is CCCCOc1ncc2[nH]cc(Cc3cccc(CCN4CCCC4)c3)c2n1. The molecule has 0 aliphatic carbocycles. The molecule has 1 aliphatic heterocycles. The van der Waals surface area contributed by atoms with Crippen LogP contribution in [0.5, 0.6) is 6.01 Å².